The number of nitrogens with zero attached hydrogens (tertiary/aromatic N) is 1. The number of rotatable bonds is 7. The standard InChI is InChI=1S/C23H30N2O5S/c1-6-25(31(27,28)7-2)17-10-8-16(9-11-17)22(26)24-20-15-23(3,4)30-21-13-12-18(29-5)14-19(20)21/h8-14,20H,6-7,15H2,1-5H3,(H,24,26)/t20-/m1/s1. The van der Waals surface area contributed by atoms with E-state index in [1.807, 2.05) is 32.0 Å². The van der Waals surface area contributed by atoms with E-state index in [2.05, 4.69) is 5.32 Å². The zero-order valence-corrected chi connectivity index (χ0v) is 19.5. The molecule has 1 heterocycles. The van der Waals surface area contributed by atoms with Gasteiger partial charge in [-0.2, -0.15) is 0 Å². The second-order valence-corrected chi connectivity index (χ2v) is 10.3. The Morgan fingerprint density at radius 3 is 2.45 bits per heavy atom. The van der Waals surface area contributed by atoms with Gasteiger partial charge >= 0.3 is 0 Å². The Labute approximate surface area is 184 Å². The van der Waals surface area contributed by atoms with Crippen LogP contribution in [-0.4, -0.2) is 39.3 Å². The summed E-state index contributed by atoms with van der Waals surface area (Å²) in [4.78, 5) is 13.0. The molecule has 2 aromatic rings. The maximum Gasteiger partial charge on any atom is 0.251 e. The van der Waals surface area contributed by atoms with E-state index in [0.29, 0.717) is 30.0 Å². The number of ether oxygens (including phenoxy) is 2. The summed E-state index contributed by atoms with van der Waals surface area (Å²) in [5.74, 6) is 1.21. The van der Waals surface area contributed by atoms with Crippen molar-refractivity contribution in [1.82, 2.24) is 5.32 Å². The molecule has 1 amide bonds. The summed E-state index contributed by atoms with van der Waals surface area (Å²) in [5.41, 5.74) is 1.44. The van der Waals surface area contributed by atoms with Crippen LogP contribution in [0.1, 0.15) is 56.1 Å². The molecule has 0 saturated carbocycles. The van der Waals surface area contributed by atoms with Gasteiger partial charge in [-0.1, -0.05) is 0 Å². The zero-order chi connectivity index (χ0) is 22.8. The highest BCUT2D eigenvalue weighted by molar-refractivity contribution is 7.92. The number of hydrogen-bond donors (Lipinski definition) is 1. The van der Waals surface area contributed by atoms with Crippen LogP contribution in [0.25, 0.3) is 0 Å². The average molecular weight is 447 g/mol. The number of carbonyl (C=O) groups is 1. The van der Waals surface area contributed by atoms with Gasteiger partial charge in [0.25, 0.3) is 5.91 Å². The predicted octanol–water partition coefficient (Wildman–Crippen LogP) is 3.90. The number of carbonyl (C=O) groups excluding carboxylic acids is 1. The van der Waals surface area contributed by atoms with Crippen molar-refractivity contribution in [3.63, 3.8) is 0 Å². The summed E-state index contributed by atoms with van der Waals surface area (Å²) < 4.78 is 37.3. The van der Waals surface area contributed by atoms with Crippen molar-refractivity contribution in [3.8, 4) is 11.5 Å². The molecule has 3 rings (SSSR count). The minimum atomic E-state index is -3.37. The fourth-order valence-electron chi connectivity index (χ4n) is 3.80. The molecule has 0 aromatic heterocycles. The number of fused-ring (bicyclic) bond motifs is 1. The van der Waals surface area contributed by atoms with Crippen LogP contribution in [0.4, 0.5) is 5.69 Å². The highest BCUT2D eigenvalue weighted by Crippen LogP contribution is 2.41. The molecule has 1 aliphatic rings. The Kier molecular flexibility index (Phi) is 6.50. The summed E-state index contributed by atoms with van der Waals surface area (Å²) in [6.07, 6.45) is 0.606. The molecule has 0 spiro atoms. The summed E-state index contributed by atoms with van der Waals surface area (Å²) in [6.45, 7) is 7.70. The van der Waals surface area contributed by atoms with Gasteiger partial charge in [0.1, 0.15) is 17.1 Å². The smallest absolute Gasteiger partial charge is 0.251 e. The predicted molar refractivity (Wildman–Crippen MR) is 121 cm³/mol. The Balaban J connectivity index is 1.83. The van der Waals surface area contributed by atoms with Crippen LogP contribution in [0.5, 0.6) is 11.5 Å². The molecule has 0 unspecified atom stereocenters. The lowest BCUT2D eigenvalue weighted by Crippen LogP contribution is -2.41. The third-order valence-corrected chi connectivity index (χ3v) is 7.26. The third kappa shape index (κ3) is 4.95. The molecule has 168 valence electrons. The Bertz CT molecular complexity index is 1050. The zero-order valence-electron chi connectivity index (χ0n) is 18.6. The highest BCUT2D eigenvalue weighted by atomic mass is 32.2. The second-order valence-electron chi connectivity index (χ2n) is 8.11. The van der Waals surface area contributed by atoms with Gasteiger partial charge < -0.3 is 14.8 Å². The first-order valence-corrected chi connectivity index (χ1v) is 12.0. The van der Waals surface area contributed by atoms with Crippen LogP contribution in [0.15, 0.2) is 42.5 Å². The largest absolute Gasteiger partial charge is 0.497 e. The minimum absolute atomic E-state index is 0.0193. The van der Waals surface area contributed by atoms with Crippen molar-refractivity contribution in [1.29, 1.82) is 0 Å². The number of sulfonamides is 1. The molecular formula is C23H30N2O5S. The molecule has 31 heavy (non-hydrogen) atoms. The minimum Gasteiger partial charge on any atom is -0.497 e. The molecule has 0 saturated heterocycles. The molecular weight excluding hydrogens is 416 g/mol. The maximum atomic E-state index is 13.0. The number of methoxy groups -OCH3 is 1. The summed E-state index contributed by atoms with van der Waals surface area (Å²) in [7, 11) is -1.77. The quantitative estimate of drug-likeness (QED) is 0.697. The van der Waals surface area contributed by atoms with Gasteiger partial charge in [-0.3, -0.25) is 9.10 Å². The van der Waals surface area contributed by atoms with Crippen molar-refractivity contribution in [2.45, 2.75) is 45.8 Å². The van der Waals surface area contributed by atoms with Crippen LogP contribution < -0.4 is 19.1 Å². The topological polar surface area (TPSA) is 84.9 Å². The number of amides is 1. The van der Waals surface area contributed by atoms with E-state index in [4.69, 9.17) is 9.47 Å². The molecule has 0 fully saturated rings. The normalized spacial score (nSPS) is 17.3. The number of benzene rings is 2. The average Bonchev–Trinajstić information content (AvgIpc) is 2.73. The van der Waals surface area contributed by atoms with Crippen molar-refractivity contribution < 1.29 is 22.7 Å². The molecule has 1 aliphatic heterocycles. The van der Waals surface area contributed by atoms with Crippen molar-refractivity contribution in [3.05, 3.63) is 53.6 Å². The van der Waals surface area contributed by atoms with Crippen molar-refractivity contribution in [2.24, 2.45) is 0 Å². The van der Waals surface area contributed by atoms with Crippen LogP contribution in [0, 0.1) is 0 Å². The van der Waals surface area contributed by atoms with E-state index in [1.54, 1.807) is 45.2 Å². The summed E-state index contributed by atoms with van der Waals surface area (Å²) >= 11 is 0. The first kappa shape index (κ1) is 22.9. The van der Waals surface area contributed by atoms with E-state index in [0.717, 1.165) is 11.3 Å². The van der Waals surface area contributed by atoms with Crippen molar-refractivity contribution in [2.75, 3.05) is 23.7 Å². The SMILES string of the molecule is CCN(c1ccc(C(=O)N[C@@H]2CC(C)(C)Oc3ccc(OC)cc32)cc1)S(=O)(=O)CC. The summed E-state index contributed by atoms with van der Waals surface area (Å²) in [6, 6.07) is 12.0. The van der Waals surface area contributed by atoms with Gasteiger partial charge in [0, 0.05) is 24.1 Å². The number of hydrogen-bond acceptors (Lipinski definition) is 5. The van der Waals surface area contributed by atoms with Gasteiger partial charge in [-0.05, 0) is 70.2 Å². The molecule has 0 radical (unpaired) electrons. The van der Waals surface area contributed by atoms with E-state index in [-0.39, 0.29) is 17.7 Å². The fourth-order valence-corrected chi connectivity index (χ4v) is 4.95. The Morgan fingerprint density at radius 1 is 1.19 bits per heavy atom. The lowest BCUT2D eigenvalue weighted by Gasteiger charge is -2.38. The van der Waals surface area contributed by atoms with Gasteiger partial charge in [-0.25, -0.2) is 8.42 Å². The lowest BCUT2D eigenvalue weighted by molar-refractivity contribution is 0.0618. The van der Waals surface area contributed by atoms with Gasteiger partial charge in [0.15, 0.2) is 0 Å². The van der Waals surface area contributed by atoms with Gasteiger partial charge in [0.2, 0.25) is 10.0 Å². The molecule has 0 aliphatic carbocycles. The molecule has 2 aromatic carbocycles. The van der Waals surface area contributed by atoms with Crippen LogP contribution in [-0.2, 0) is 10.0 Å². The Hall–Kier alpha value is -2.74. The van der Waals surface area contributed by atoms with E-state index >= 15 is 0 Å². The number of nitrogens with one attached hydrogen (secondary N) is 1. The molecule has 8 heteroatoms. The maximum absolute atomic E-state index is 13.0. The van der Waals surface area contributed by atoms with E-state index in [1.165, 1.54) is 4.31 Å². The monoisotopic (exact) mass is 446 g/mol. The molecule has 0 bridgehead atoms. The van der Waals surface area contributed by atoms with E-state index < -0.39 is 15.6 Å². The fraction of sp³-hybridized carbons (Fsp3) is 0.435. The van der Waals surface area contributed by atoms with E-state index in [9.17, 15) is 13.2 Å². The van der Waals surface area contributed by atoms with Gasteiger partial charge in [0.05, 0.1) is 24.6 Å². The lowest BCUT2D eigenvalue weighted by atomic mass is 9.89. The number of anilines is 1. The van der Waals surface area contributed by atoms with Crippen LogP contribution in [0.2, 0.25) is 0 Å². The Morgan fingerprint density at radius 2 is 1.87 bits per heavy atom. The van der Waals surface area contributed by atoms with Crippen molar-refractivity contribution >= 4 is 21.6 Å². The highest BCUT2D eigenvalue weighted by Gasteiger charge is 2.35. The molecule has 1 atom stereocenters. The third-order valence-electron chi connectivity index (χ3n) is 5.38. The second kappa shape index (κ2) is 8.78. The van der Waals surface area contributed by atoms with Gasteiger partial charge in [-0.15, -0.1) is 0 Å². The summed E-state index contributed by atoms with van der Waals surface area (Å²) in [5, 5.41) is 3.10. The molecule has 7 nitrogen and oxygen atoms in total. The van der Waals surface area contributed by atoms with Crippen LogP contribution >= 0.6 is 0 Å². The molecule has 1 N–H and O–H groups in total. The van der Waals surface area contributed by atoms with Crippen LogP contribution in [0.3, 0.4) is 0 Å². The first-order valence-electron chi connectivity index (χ1n) is 10.4. The first-order chi connectivity index (χ1) is 14.6.